The normalized spacial score (nSPS) is 25.4. The summed E-state index contributed by atoms with van der Waals surface area (Å²) in [6.07, 6.45) is 6.33. The first-order chi connectivity index (χ1) is 10.5. The van der Waals surface area contributed by atoms with Crippen LogP contribution in [-0.2, 0) is 11.2 Å². The number of aryl methyl sites for hydroxylation is 1. The molecule has 0 saturated heterocycles. The van der Waals surface area contributed by atoms with Crippen LogP contribution in [0.5, 0.6) is 0 Å². The summed E-state index contributed by atoms with van der Waals surface area (Å²) in [6, 6.07) is 8.33. The molecule has 1 aromatic rings. The topological polar surface area (TPSA) is 17.1 Å². The summed E-state index contributed by atoms with van der Waals surface area (Å²) in [5.41, 5.74) is 1.31. The first-order valence-corrected chi connectivity index (χ1v) is 9.54. The fourth-order valence-corrected chi connectivity index (χ4v) is 4.40. The molecule has 1 saturated carbocycles. The van der Waals surface area contributed by atoms with Gasteiger partial charge in [0.15, 0.2) is 0 Å². The van der Waals surface area contributed by atoms with Gasteiger partial charge in [0.05, 0.1) is 0 Å². The lowest BCUT2D eigenvalue weighted by atomic mass is 9.68. The Morgan fingerprint density at radius 3 is 2.68 bits per heavy atom. The average molecular weight is 365 g/mol. The van der Waals surface area contributed by atoms with Crippen LogP contribution in [0, 0.1) is 23.7 Å². The Morgan fingerprint density at radius 2 is 2.00 bits per heavy atom. The zero-order valence-corrected chi connectivity index (χ0v) is 15.7. The molecule has 22 heavy (non-hydrogen) atoms. The second kappa shape index (κ2) is 8.29. The minimum Gasteiger partial charge on any atom is -0.299 e. The van der Waals surface area contributed by atoms with Crippen LogP contribution < -0.4 is 0 Å². The fourth-order valence-electron chi connectivity index (χ4n) is 3.91. The van der Waals surface area contributed by atoms with Crippen molar-refractivity contribution < 1.29 is 4.79 Å². The molecule has 2 rings (SSSR count). The Hall–Kier alpha value is -0.630. The third-order valence-electron chi connectivity index (χ3n) is 5.26. The Bertz CT molecular complexity index is 494. The minimum atomic E-state index is 0.308. The molecule has 3 atom stereocenters. The van der Waals surface area contributed by atoms with Gasteiger partial charge in [-0.25, -0.2) is 0 Å². The third kappa shape index (κ3) is 4.68. The fraction of sp³-hybridized carbons (Fsp3) is 0.650. The molecule has 1 aromatic carbocycles. The van der Waals surface area contributed by atoms with E-state index in [0.717, 1.165) is 30.2 Å². The van der Waals surface area contributed by atoms with Crippen molar-refractivity contribution in [2.75, 3.05) is 0 Å². The molecule has 1 fully saturated rings. The van der Waals surface area contributed by atoms with Crippen molar-refractivity contribution in [3.63, 3.8) is 0 Å². The highest BCUT2D eigenvalue weighted by Gasteiger charge is 2.34. The highest BCUT2D eigenvalue weighted by Crippen LogP contribution is 2.39. The van der Waals surface area contributed by atoms with Crippen LogP contribution in [0.3, 0.4) is 0 Å². The SMILES string of the molecule is CC(C)[C@@H]1CC[C@@H](C)C[C@H]1C(=O)CCCc1ccccc1Br. The maximum atomic E-state index is 12.7. The highest BCUT2D eigenvalue weighted by atomic mass is 79.9. The highest BCUT2D eigenvalue weighted by molar-refractivity contribution is 9.10. The number of Topliss-reactive ketones (excluding diaryl/α,β-unsaturated/α-hetero) is 1. The summed E-state index contributed by atoms with van der Waals surface area (Å²) in [7, 11) is 0. The van der Waals surface area contributed by atoms with Gasteiger partial charge in [-0.05, 0) is 55.1 Å². The van der Waals surface area contributed by atoms with Crippen LogP contribution in [0.2, 0.25) is 0 Å². The van der Waals surface area contributed by atoms with E-state index < -0.39 is 0 Å². The molecule has 0 aliphatic heterocycles. The second-order valence-electron chi connectivity index (χ2n) is 7.34. The predicted octanol–water partition coefficient (Wildman–Crippen LogP) is 6.05. The molecule has 0 unspecified atom stereocenters. The summed E-state index contributed by atoms with van der Waals surface area (Å²) in [4.78, 5) is 12.7. The van der Waals surface area contributed by atoms with Gasteiger partial charge in [-0.2, -0.15) is 0 Å². The summed E-state index contributed by atoms with van der Waals surface area (Å²) in [6.45, 7) is 6.86. The minimum absolute atomic E-state index is 0.308. The Morgan fingerprint density at radius 1 is 1.27 bits per heavy atom. The van der Waals surface area contributed by atoms with Crippen LogP contribution >= 0.6 is 15.9 Å². The van der Waals surface area contributed by atoms with E-state index >= 15 is 0 Å². The molecule has 0 N–H and O–H groups in total. The Balaban J connectivity index is 1.89. The molecule has 1 aliphatic carbocycles. The van der Waals surface area contributed by atoms with Gasteiger partial charge < -0.3 is 0 Å². The lowest BCUT2D eigenvalue weighted by molar-refractivity contribution is -0.127. The molecule has 0 amide bonds. The molecule has 0 aromatic heterocycles. The number of halogens is 1. The van der Waals surface area contributed by atoms with Crippen molar-refractivity contribution in [2.24, 2.45) is 23.7 Å². The first kappa shape index (κ1) is 17.7. The summed E-state index contributed by atoms with van der Waals surface area (Å²) >= 11 is 3.59. The standard InChI is InChI=1S/C20H29BrO/c1-14(2)17-12-11-15(3)13-18(17)20(22)10-6-8-16-7-4-5-9-19(16)21/h4-5,7,9,14-15,17-18H,6,8,10-13H2,1-3H3/t15-,17+,18-/m1/s1. The van der Waals surface area contributed by atoms with Gasteiger partial charge in [-0.1, -0.05) is 61.3 Å². The average Bonchev–Trinajstić information content (AvgIpc) is 2.48. The zero-order chi connectivity index (χ0) is 16.1. The van der Waals surface area contributed by atoms with Crippen LogP contribution in [0.25, 0.3) is 0 Å². The van der Waals surface area contributed by atoms with Crippen molar-refractivity contribution in [1.29, 1.82) is 0 Å². The van der Waals surface area contributed by atoms with E-state index in [9.17, 15) is 4.79 Å². The van der Waals surface area contributed by atoms with E-state index in [1.165, 1.54) is 18.4 Å². The quantitative estimate of drug-likeness (QED) is 0.600. The van der Waals surface area contributed by atoms with Crippen LogP contribution in [0.4, 0.5) is 0 Å². The van der Waals surface area contributed by atoms with Crippen molar-refractivity contribution in [1.82, 2.24) is 0 Å². The molecular formula is C20H29BrO. The molecule has 0 radical (unpaired) electrons. The van der Waals surface area contributed by atoms with Gasteiger partial charge >= 0.3 is 0 Å². The Labute approximate surface area is 144 Å². The van der Waals surface area contributed by atoms with E-state index in [1.54, 1.807) is 0 Å². The smallest absolute Gasteiger partial charge is 0.136 e. The van der Waals surface area contributed by atoms with Crippen molar-refractivity contribution >= 4 is 21.7 Å². The molecule has 0 spiro atoms. The molecule has 1 nitrogen and oxygen atoms in total. The summed E-state index contributed by atoms with van der Waals surface area (Å²) < 4.78 is 1.16. The zero-order valence-electron chi connectivity index (χ0n) is 14.1. The van der Waals surface area contributed by atoms with Gasteiger partial charge in [0.1, 0.15) is 5.78 Å². The van der Waals surface area contributed by atoms with Crippen LogP contribution in [-0.4, -0.2) is 5.78 Å². The van der Waals surface area contributed by atoms with Crippen LogP contribution in [0.1, 0.15) is 58.4 Å². The number of hydrogen-bond donors (Lipinski definition) is 0. The second-order valence-corrected chi connectivity index (χ2v) is 8.20. The molecule has 122 valence electrons. The molecule has 0 bridgehead atoms. The summed E-state index contributed by atoms with van der Waals surface area (Å²) in [5, 5.41) is 0. The van der Waals surface area contributed by atoms with Crippen molar-refractivity contribution in [2.45, 2.75) is 59.3 Å². The van der Waals surface area contributed by atoms with Crippen molar-refractivity contribution in [3.05, 3.63) is 34.3 Å². The number of benzene rings is 1. The van der Waals surface area contributed by atoms with E-state index in [-0.39, 0.29) is 0 Å². The van der Waals surface area contributed by atoms with Crippen molar-refractivity contribution in [3.8, 4) is 0 Å². The van der Waals surface area contributed by atoms with Gasteiger partial charge in [-0.15, -0.1) is 0 Å². The van der Waals surface area contributed by atoms with Gasteiger partial charge in [0, 0.05) is 16.8 Å². The first-order valence-electron chi connectivity index (χ1n) is 8.75. The lowest BCUT2D eigenvalue weighted by Gasteiger charge is -2.36. The number of carbonyl (C=O) groups excluding carboxylic acids is 1. The van der Waals surface area contributed by atoms with E-state index in [4.69, 9.17) is 0 Å². The number of ketones is 1. The number of hydrogen-bond acceptors (Lipinski definition) is 1. The maximum Gasteiger partial charge on any atom is 0.136 e. The molecule has 0 heterocycles. The van der Waals surface area contributed by atoms with E-state index in [0.29, 0.717) is 29.5 Å². The molecule has 2 heteroatoms. The maximum absolute atomic E-state index is 12.7. The van der Waals surface area contributed by atoms with Gasteiger partial charge in [-0.3, -0.25) is 4.79 Å². The third-order valence-corrected chi connectivity index (χ3v) is 6.04. The van der Waals surface area contributed by atoms with E-state index in [2.05, 4.69) is 54.9 Å². The monoisotopic (exact) mass is 364 g/mol. The van der Waals surface area contributed by atoms with E-state index in [1.807, 2.05) is 6.07 Å². The Kier molecular flexibility index (Phi) is 6.67. The lowest BCUT2D eigenvalue weighted by Crippen LogP contribution is -2.33. The predicted molar refractivity (Wildman–Crippen MR) is 96.9 cm³/mol. The summed E-state index contributed by atoms with van der Waals surface area (Å²) in [5.74, 6) is 2.77. The number of rotatable bonds is 6. The largest absolute Gasteiger partial charge is 0.299 e. The molecule has 1 aliphatic rings. The molecular weight excluding hydrogens is 336 g/mol. The number of carbonyl (C=O) groups is 1. The van der Waals surface area contributed by atoms with Gasteiger partial charge in [0.2, 0.25) is 0 Å². The van der Waals surface area contributed by atoms with Crippen LogP contribution in [0.15, 0.2) is 28.7 Å². The van der Waals surface area contributed by atoms with Gasteiger partial charge in [0.25, 0.3) is 0 Å².